The molecule has 0 bridgehead atoms. The molecule has 21 heavy (non-hydrogen) atoms. The Hall–Kier alpha value is -1.53. The molecule has 4 heteroatoms. The van der Waals surface area contributed by atoms with Gasteiger partial charge in [-0.3, -0.25) is 4.79 Å². The van der Waals surface area contributed by atoms with Crippen molar-refractivity contribution in [3.05, 3.63) is 35.4 Å². The van der Waals surface area contributed by atoms with Gasteiger partial charge in [0.25, 0.3) is 0 Å². The van der Waals surface area contributed by atoms with Crippen LogP contribution in [0, 0.1) is 16.7 Å². The van der Waals surface area contributed by atoms with Crippen LogP contribution >= 0.6 is 11.6 Å². The summed E-state index contributed by atoms with van der Waals surface area (Å²) in [6.45, 7) is 1.05. The molecule has 0 saturated heterocycles. The number of hydrogen-bond donors (Lipinski definition) is 0. The summed E-state index contributed by atoms with van der Waals surface area (Å²) in [4.78, 5) is 13.8. The minimum absolute atomic E-state index is 0.0240. The van der Waals surface area contributed by atoms with Crippen molar-refractivity contribution in [2.24, 2.45) is 5.41 Å². The highest BCUT2D eigenvalue weighted by atomic mass is 35.5. The van der Waals surface area contributed by atoms with E-state index in [1.807, 2.05) is 6.07 Å². The van der Waals surface area contributed by atoms with Crippen LogP contribution in [0.15, 0.2) is 24.3 Å². The summed E-state index contributed by atoms with van der Waals surface area (Å²) in [5, 5.41) is 9.23. The van der Waals surface area contributed by atoms with Crippen molar-refractivity contribution in [2.75, 3.05) is 12.4 Å². The number of alkyl halides is 1. The first-order valence-electron chi connectivity index (χ1n) is 7.50. The fourth-order valence-electron chi connectivity index (χ4n) is 2.72. The summed E-state index contributed by atoms with van der Waals surface area (Å²) < 4.78 is 0. The average Bonchev–Trinajstić information content (AvgIpc) is 3.39. The van der Waals surface area contributed by atoms with E-state index in [0.29, 0.717) is 19.0 Å². The number of halogens is 1. The maximum absolute atomic E-state index is 12.1. The lowest BCUT2D eigenvalue weighted by Crippen LogP contribution is -2.36. The standard InChI is InChI=1S/C17H19ClN2O/c18-9-16(21)20(12-17(11-19)6-7-17)10-13-2-1-3-15(8-13)14-4-5-14/h1-3,8,14H,4-7,9-10,12H2. The molecule has 0 atom stereocenters. The van der Waals surface area contributed by atoms with E-state index in [1.165, 1.54) is 18.4 Å². The first-order valence-corrected chi connectivity index (χ1v) is 8.03. The van der Waals surface area contributed by atoms with Gasteiger partial charge in [-0.1, -0.05) is 24.3 Å². The Morgan fingerprint density at radius 1 is 1.43 bits per heavy atom. The predicted octanol–water partition coefficient (Wildman–Crippen LogP) is 3.44. The van der Waals surface area contributed by atoms with E-state index in [2.05, 4.69) is 24.3 Å². The third-order valence-electron chi connectivity index (χ3n) is 4.42. The van der Waals surface area contributed by atoms with Gasteiger partial charge in [-0.25, -0.2) is 0 Å². The fourth-order valence-corrected chi connectivity index (χ4v) is 2.89. The van der Waals surface area contributed by atoms with Crippen molar-refractivity contribution in [3.63, 3.8) is 0 Å². The van der Waals surface area contributed by atoms with E-state index < -0.39 is 0 Å². The van der Waals surface area contributed by atoms with Crippen LogP contribution in [0.25, 0.3) is 0 Å². The van der Waals surface area contributed by atoms with E-state index >= 15 is 0 Å². The molecule has 0 N–H and O–H groups in total. The molecule has 2 aliphatic carbocycles. The highest BCUT2D eigenvalue weighted by Gasteiger charge is 2.45. The number of hydrogen-bond acceptors (Lipinski definition) is 2. The van der Waals surface area contributed by atoms with Gasteiger partial charge in [-0.15, -0.1) is 11.6 Å². The Bertz CT molecular complexity index is 585. The summed E-state index contributed by atoms with van der Waals surface area (Å²) in [6, 6.07) is 10.8. The van der Waals surface area contributed by atoms with Gasteiger partial charge < -0.3 is 4.90 Å². The Morgan fingerprint density at radius 2 is 2.19 bits per heavy atom. The molecule has 0 radical (unpaired) electrons. The number of rotatable bonds is 6. The van der Waals surface area contributed by atoms with Crippen LogP contribution in [-0.2, 0) is 11.3 Å². The third kappa shape index (κ3) is 3.39. The molecular weight excluding hydrogens is 284 g/mol. The maximum atomic E-state index is 12.1. The highest BCUT2D eigenvalue weighted by molar-refractivity contribution is 6.27. The molecule has 1 amide bonds. The molecule has 0 heterocycles. The molecule has 2 fully saturated rings. The summed E-state index contributed by atoms with van der Waals surface area (Å²) in [7, 11) is 0. The highest BCUT2D eigenvalue weighted by Crippen LogP contribution is 2.45. The first kappa shape index (κ1) is 14.4. The van der Waals surface area contributed by atoms with E-state index in [-0.39, 0.29) is 17.2 Å². The molecule has 2 saturated carbocycles. The van der Waals surface area contributed by atoms with Crippen LogP contribution in [0.5, 0.6) is 0 Å². The minimum atomic E-state index is -0.324. The fraction of sp³-hybridized carbons (Fsp3) is 0.529. The van der Waals surface area contributed by atoms with E-state index in [1.54, 1.807) is 4.90 Å². The molecule has 0 unspecified atom stereocenters. The molecule has 2 aliphatic rings. The Morgan fingerprint density at radius 3 is 2.76 bits per heavy atom. The van der Waals surface area contributed by atoms with Crippen molar-refractivity contribution in [1.82, 2.24) is 4.90 Å². The van der Waals surface area contributed by atoms with Gasteiger partial charge in [-0.2, -0.15) is 5.26 Å². The largest absolute Gasteiger partial charge is 0.336 e. The third-order valence-corrected chi connectivity index (χ3v) is 4.65. The normalized spacial score (nSPS) is 18.9. The van der Waals surface area contributed by atoms with Crippen LogP contribution < -0.4 is 0 Å². The topological polar surface area (TPSA) is 44.1 Å². The summed E-state index contributed by atoms with van der Waals surface area (Å²) >= 11 is 5.72. The molecular formula is C17H19ClN2O. The van der Waals surface area contributed by atoms with Crippen LogP contribution in [-0.4, -0.2) is 23.2 Å². The molecule has 0 aliphatic heterocycles. The second-order valence-corrected chi connectivity index (χ2v) is 6.56. The maximum Gasteiger partial charge on any atom is 0.237 e. The number of carbonyl (C=O) groups excluding carboxylic acids is 1. The van der Waals surface area contributed by atoms with Crippen molar-refractivity contribution in [3.8, 4) is 6.07 Å². The smallest absolute Gasteiger partial charge is 0.237 e. The zero-order valence-corrected chi connectivity index (χ0v) is 12.8. The van der Waals surface area contributed by atoms with Gasteiger partial charge in [0.2, 0.25) is 5.91 Å². The zero-order valence-electron chi connectivity index (χ0n) is 12.0. The second-order valence-electron chi connectivity index (χ2n) is 6.29. The van der Waals surface area contributed by atoms with Gasteiger partial charge in [0.1, 0.15) is 5.88 Å². The Kier molecular flexibility index (Phi) is 3.91. The van der Waals surface area contributed by atoms with Gasteiger partial charge in [0.05, 0.1) is 11.5 Å². The molecule has 0 aromatic heterocycles. The van der Waals surface area contributed by atoms with E-state index in [0.717, 1.165) is 18.4 Å². The molecule has 110 valence electrons. The second kappa shape index (κ2) is 5.69. The van der Waals surface area contributed by atoms with Gasteiger partial charge in [0, 0.05) is 13.1 Å². The summed E-state index contributed by atoms with van der Waals surface area (Å²) in [5.74, 6) is 0.593. The lowest BCUT2D eigenvalue weighted by atomic mass is 10.1. The quantitative estimate of drug-likeness (QED) is 0.756. The van der Waals surface area contributed by atoms with Crippen LogP contribution in [0.1, 0.15) is 42.7 Å². The summed E-state index contributed by atoms with van der Waals surface area (Å²) in [5.41, 5.74) is 2.18. The van der Waals surface area contributed by atoms with E-state index in [9.17, 15) is 10.1 Å². The molecule has 0 spiro atoms. The lowest BCUT2D eigenvalue weighted by molar-refractivity contribution is -0.129. The summed E-state index contributed by atoms with van der Waals surface area (Å²) in [6.07, 6.45) is 4.31. The lowest BCUT2D eigenvalue weighted by Gasteiger charge is -2.24. The minimum Gasteiger partial charge on any atom is -0.336 e. The first-order chi connectivity index (χ1) is 10.2. The molecule has 1 aromatic rings. The van der Waals surface area contributed by atoms with Crippen molar-refractivity contribution in [2.45, 2.75) is 38.1 Å². The molecule has 1 aromatic carbocycles. The van der Waals surface area contributed by atoms with Crippen LogP contribution in [0.4, 0.5) is 0 Å². The monoisotopic (exact) mass is 302 g/mol. The van der Waals surface area contributed by atoms with E-state index in [4.69, 9.17) is 11.6 Å². The number of nitriles is 1. The zero-order chi connectivity index (χ0) is 14.9. The van der Waals surface area contributed by atoms with Gasteiger partial charge in [-0.05, 0) is 42.7 Å². The van der Waals surface area contributed by atoms with Crippen LogP contribution in [0.3, 0.4) is 0 Å². The molecule has 3 rings (SSSR count). The van der Waals surface area contributed by atoms with Crippen LogP contribution in [0.2, 0.25) is 0 Å². The predicted molar refractivity (Wildman–Crippen MR) is 81.8 cm³/mol. The SMILES string of the molecule is N#CC1(CN(Cc2cccc(C3CC3)c2)C(=O)CCl)CC1. The van der Waals surface area contributed by atoms with Crippen molar-refractivity contribution in [1.29, 1.82) is 5.26 Å². The molecule has 3 nitrogen and oxygen atoms in total. The number of amides is 1. The number of benzene rings is 1. The number of carbonyl (C=O) groups is 1. The Labute approximate surface area is 130 Å². The van der Waals surface area contributed by atoms with Gasteiger partial charge in [0.15, 0.2) is 0 Å². The van der Waals surface area contributed by atoms with Crippen molar-refractivity contribution < 1.29 is 4.79 Å². The van der Waals surface area contributed by atoms with Crippen molar-refractivity contribution >= 4 is 17.5 Å². The Balaban J connectivity index is 1.73. The number of nitrogens with zero attached hydrogens (tertiary/aromatic N) is 2. The van der Waals surface area contributed by atoms with Gasteiger partial charge >= 0.3 is 0 Å². The average molecular weight is 303 g/mol.